The fourth-order valence-electron chi connectivity index (χ4n) is 5.73. The summed E-state index contributed by atoms with van der Waals surface area (Å²) in [5, 5.41) is 10.3. The number of hydrogen-bond donors (Lipinski definition) is 0. The number of hydrogen-bond acceptors (Lipinski definition) is 4. The molecule has 0 atom stereocenters. The van der Waals surface area contributed by atoms with Crippen LogP contribution in [0.4, 0.5) is 0 Å². The number of fused-ring (bicyclic) bond motifs is 2. The minimum Gasteiger partial charge on any atom is -0.497 e. The Morgan fingerprint density at radius 3 is 2.43 bits per heavy atom. The molecule has 0 radical (unpaired) electrons. The lowest BCUT2D eigenvalue weighted by Gasteiger charge is -2.39. The normalized spacial score (nSPS) is 16.5. The molecule has 6 rings (SSSR count). The Morgan fingerprint density at radius 2 is 1.65 bits per heavy atom. The third kappa shape index (κ3) is 4.86. The highest BCUT2D eigenvalue weighted by molar-refractivity contribution is 6.14. The Balaban J connectivity index is 1.21. The number of nitrogens with zero attached hydrogens (tertiary/aromatic N) is 3. The number of aryl methyl sites for hydroxylation is 2. The first-order chi connectivity index (χ1) is 18.1. The Morgan fingerprint density at radius 1 is 0.838 bits per heavy atom. The minimum atomic E-state index is 0.439. The van der Waals surface area contributed by atoms with Crippen LogP contribution in [0, 0.1) is 13.8 Å². The second-order valence-electron chi connectivity index (χ2n) is 10.6. The predicted molar refractivity (Wildman–Crippen MR) is 152 cm³/mol. The molecule has 4 nitrogen and oxygen atoms in total. The summed E-state index contributed by atoms with van der Waals surface area (Å²) in [5.74, 6) is 0.908. The van der Waals surface area contributed by atoms with Gasteiger partial charge in [0.2, 0.25) is 0 Å². The molecule has 2 heterocycles. The molecule has 0 aliphatic carbocycles. The molecule has 0 spiro atoms. The van der Waals surface area contributed by atoms with Crippen molar-refractivity contribution in [1.29, 1.82) is 0 Å². The Labute approximate surface area is 220 Å². The summed E-state index contributed by atoms with van der Waals surface area (Å²) in [7, 11) is 1.74. The molecule has 0 unspecified atom stereocenters. The lowest BCUT2D eigenvalue weighted by molar-refractivity contribution is 0.100. The van der Waals surface area contributed by atoms with Gasteiger partial charge in [-0.1, -0.05) is 48.5 Å². The lowest BCUT2D eigenvalue weighted by Crippen LogP contribution is -2.44. The van der Waals surface area contributed by atoms with E-state index in [1.165, 1.54) is 44.2 Å². The van der Waals surface area contributed by atoms with Crippen molar-refractivity contribution >= 4 is 16.5 Å². The summed E-state index contributed by atoms with van der Waals surface area (Å²) in [4.78, 5) is 2.59. The van der Waals surface area contributed by atoms with Gasteiger partial charge in [-0.05, 0) is 90.0 Å². The number of benzene rings is 4. The number of rotatable bonds is 5. The summed E-state index contributed by atoms with van der Waals surface area (Å²) in [6, 6.07) is 29.0. The predicted octanol–water partition coefficient (Wildman–Crippen LogP) is 6.70. The van der Waals surface area contributed by atoms with Gasteiger partial charge >= 0.3 is 0 Å². The van der Waals surface area contributed by atoms with Crippen molar-refractivity contribution in [2.24, 2.45) is 5.10 Å². The van der Waals surface area contributed by atoms with E-state index in [2.05, 4.69) is 103 Å². The summed E-state index contributed by atoms with van der Waals surface area (Å²) >= 11 is 0. The summed E-state index contributed by atoms with van der Waals surface area (Å²) < 4.78 is 5.57. The smallest absolute Gasteiger partial charge is 0.119 e. The zero-order chi connectivity index (χ0) is 25.4. The van der Waals surface area contributed by atoms with Gasteiger partial charge in [0.05, 0.1) is 19.4 Å². The van der Waals surface area contributed by atoms with Crippen LogP contribution < -0.4 is 4.74 Å². The van der Waals surface area contributed by atoms with E-state index in [1.54, 1.807) is 7.11 Å². The van der Waals surface area contributed by atoms with E-state index < -0.39 is 0 Å². The number of ether oxygens (including phenoxy) is 1. The Kier molecular flexibility index (Phi) is 6.43. The van der Waals surface area contributed by atoms with Crippen LogP contribution in [0.15, 0.2) is 84.0 Å². The van der Waals surface area contributed by atoms with Gasteiger partial charge in [0.25, 0.3) is 0 Å². The van der Waals surface area contributed by atoms with E-state index >= 15 is 0 Å². The molecule has 4 aromatic carbocycles. The molecule has 2 aliphatic heterocycles. The van der Waals surface area contributed by atoms with E-state index in [0.29, 0.717) is 6.04 Å². The van der Waals surface area contributed by atoms with Crippen molar-refractivity contribution in [1.82, 2.24) is 9.91 Å². The second kappa shape index (κ2) is 10.0. The zero-order valence-electron chi connectivity index (χ0n) is 22.1. The molecule has 0 aromatic heterocycles. The largest absolute Gasteiger partial charge is 0.497 e. The van der Waals surface area contributed by atoms with Crippen LogP contribution >= 0.6 is 0 Å². The van der Waals surface area contributed by atoms with Crippen LogP contribution in [0.25, 0.3) is 10.8 Å². The highest BCUT2D eigenvalue weighted by Crippen LogP contribution is 2.31. The quantitative estimate of drug-likeness (QED) is 0.312. The maximum atomic E-state index is 5.57. The fraction of sp³-hybridized carbons (Fsp3) is 0.303. The third-order valence-electron chi connectivity index (χ3n) is 8.11. The molecule has 188 valence electrons. The molecule has 0 N–H and O–H groups in total. The molecule has 4 aromatic rings. The minimum absolute atomic E-state index is 0.439. The van der Waals surface area contributed by atoms with Crippen LogP contribution in [-0.4, -0.2) is 41.9 Å². The fourth-order valence-corrected chi connectivity index (χ4v) is 5.73. The summed E-state index contributed by atoms with van der Waals surface area (Å²) in [5.41, 5.74) is 8.78. The number of piperidine rings is 1. The van der Waals surface area contributed by atoms with E-state index in [4.69, 9.17) is 9.84 Å². The lowest BCUT2D eigenvalue weighted by atomic mass is 9.93. The highest BCUT2D eigenvalue weighted by Gasteiger charge is 2.29. The van der Waals surface area contributed by atoms with Gasteiger partial charge in [-0.2, -0.15) is 5.10 Å². The number of methoxy groups -OCH3 is 1. The average Bonchev–Trinajstić information content (AvgIpc) is 2.94. The first-order valence-electron chi connectivity index (χ1n) is 13.4. The van der Waals surface area contributed by atoms with Gasteiger partial charge in [-0.25, -0.2) is 0 Å². The molecule has 2 aliphatic rings. The zero-order valence-corrected chi connectivity index (χ0v) is 22.1. The Hall–Kier alpha value is -3.63. The molecular formula is C33H35N3O. The highest BCUT2D eigenvalue weighted by atomic mass is 16.5. The maximum absolute atomic E-state index is 5.57. The maximum Gasteiger partial charge on any atom is 0.119 e. The Bertz CT molecular complexity index is 1470. The molecule has 1 saturated heterocycles. The van der Waals surface area contributed by atoms with E-state index in [0.717, 1.165) is 50.5 Å². The first-order valence-corrected chi connectivity index (χ1v) is 13.4. The second-order valence-corrected chi connectivity index (χ2v) is 10.6. The van der Waals surface area contributed by atoms with Crippen molar-refractivity contribution in [3.8, 4) is 5.75 Å². The van der Waals surface area contributed by atoms with Crippen molar-refractivity contribution in [3.05, 3.63) is 112 Å². The van der Waals surface area contributed by atoms with Crippen LogP contribution in [0.1, 0.15) is 46.2 Å². The standard InChI is InChI=1S/C33H35N3O/c1-23-8-10-28(18-24(23)2)33-32-13-12-31(37-3)20-29(32)22-36(34-33)30-14-16-35(17-15-30)21-25-9-11-26-6-4-5-7-27(26)19-25/h4-13,18-20,30H,14-17,21-22H2,1-3H3. The van der Waals surface area contributed by atoms with Gasteiger partial charge in [0.15, 0.2) is 0 Å². The molecule has 1 fully saturated rings. The van der Waals surface area contributed by atoms with E-state index in [-0.39, 0.29) is 0 Å². The van der Waals surface area contributed by atoms with Gasteiger partial charge in [0.1, 0.15) is 5.75 Å². The van der Waals surface area contributed by atoms with Gasteiger partial charge in [-0.15, -0.1) is 0 Å². The van der Waals surface area contributed by atoms with Crippen molar-refractivity contribution in [2.45, 2.75) is 45.8 Å². The van der Waals surface area contributed by atoms with Crippen LogP contribution in [-0.2, 0) is 13.1 Å². The van der Waals surface area contributed by atoms with Gasteiger partial charge in [-0.3, -0.25) is 9.91 Å². The molecular weight excluding hydrogens is 454 g/mol. The van der Waals surface area contributed by atoms with Crippen LogP contribution in [0.5, 0.6) is 5.75 Å². The van der Waals surface area contributed by atoms with Crippen molar-refractivity contribution < 1.29 is 4.74 Å². The SMILES string of the molecule is COc1ccc2c(c1)CN(C1CCN(Cc3ccc4ccccc4c3)CC1)N=C2c1ccc(C)c(C)c1. The number of likely N-dealkylation sites (tertiary alicyclic amines) is 1. The van der Waals surface area contributed by atoms with Gasteiger partial charge < -0.3 is 4.74 Å². The monoisotopic (exact) mass is 489 g/mol. The van der Waals surface area contributed by atoms with Crippen LogP contribution in [0.2, 0.25) is 0 Å². The summed E-state index contributed by atoms with van der Waals surface area (Å²) in [6.07, 6.45) is 2.24. The summed E-state index contributed by atoms with van der Waals surface area (Å²) in [6.45, 7) is 8.37. The number of hydrazone groups is 1. The third-order valence-corrected chi connectivity index (χ3v) is 8.11. The van der Waals surface area contributed by atoms with Gasteiger partial charge in [0, 0.05) is 36.8 Å². The van der Waals surface area contributed by atoms with Crippen LogP contribution in [0.3, 0.4) is 0 Å². The van der Waals surface area contributed by atoms with Crippen molar-refractivity contribution in [2.75, 3.05) is 20.2 Å². The molecule has 0 bridgehead atoms. The molecule has 0 amide bonds. The first kappa shape index (κ1) is 23.7. The topological polar surface area (TPSA) is 28.1 Å². The molecule has 37 heavy (non-hydrogen) atoms. The average molecular weight is 490 g/mol. The molecule has 4 heteroatoms. The molecule has 0 saturated carbocycles. The van der Waals surface area contributed by atoms with E-state index in [9.17, 15) is 0 Å². The van der Waals surface area contributed by atoms with E-state index in [1.807, 2.05) is 0 Å². The van der Waals surface area contributed by atoms with Crippen molar-refractivity contribution in [3.63, 3.8) is 0 Å².